The first-order valence-corrected chi connectivity index (χ1v) is 6.53. The Bertz CT molecular complexity index is 817. The number of hydrogen-bond donors (Lipinski definition) is 1. The molecule has 25 heavy (non-hydrogen) atoms. The van der Waals surface area contributed by atoms with Gasteiger partial charge in [0.2, 0.25) is 5.91 Å². The van der Waals surface area contributed by atoms with E-state index >= 15 is 0 Å². The van der Waals surface area contributed by atoms with E-state index in [1.807, 2.05) is 0 Å². The van der Waals surface area contributed by atoms with Crippen molar-refractivity contribution in [3.05, 3.63) is 52.3 Å². The monoisotopic (exact) mass is 356 g/mol. The van der Waals surface area contributed by atoms with Gasteiger partial charge in [0, 0.05) is 17.7 Å². The molecule has 1 aliphatic heterocycles. The zero-order chi connectivity index (χ0) is 16.4. The number of amides is 3. The molecule has 11 heteroatoms. The van der Waals surface area contributed by atoms with Crippen LogP contribution in [0.15, 0.2) is 45.9 Å². The average molecular weight is 356 g/mol. The zero-order valence-electron chi connectivity index (χ0n) is 12.1. The van der Waals surface area contributed by atoms with Crippen LogP contribution < -0.4 is 5.32 Å². The van der Waals surface area contributed by atoms with Gasteiger partial charge in [-0.3, -0.25) is 20.2 Å². The van der Waals surface area contributed by atoms with Crippen molar-refractivity contribution in [3.63, 3.8) is 0 Å². The van der Waals surface area contributed by atoms with E-state index in [0.717, 1.165) is 5.01 Å². The summed E-state index contributed by atoms with van der Waals surface area (Å²) < 4.78 is 5.53. The molecule has 2 heterocycles. The minimum atomic E-state index is -0.589. The fourth-order valence-corrected chi connectivity index (χ4v) is 1.98. The van der Waals surface area contributed by atoms with E-state index in [-0.39, 0.29) is 47.3 Å². The minimum absolute atomic E-state index is 0. The number of hydrazone groups is 1. The molecule has 10 nitrogen and oxygen atoms in total. The standard InChI is InChI=1S/C14H10N4O5.Na.H2O.H/c19-13-8-17(14(20)16-13)15-7-11-5-6-12(23-11)9-1-3-10(4-2-9)18(21)22;;;/h1-7H,8H2,(H,16,19,20);;1H2;/b15-7+;;;. The van der Waals surface area contributed by atoms with Crippen molar-refractivity contribution in [1.29, 1.82) is 0 Å². The number of urea groups is 1. The first-order valence-electron chi connectivity index (χ1n) is 6.53. The molecule has 3 N–H and O–H groups in total. The second-order valence-corrected chi connectivity index (χ2v) is 4.66. The summed E-state index contributed by atoms with van der Waals surface area (Å²) in [5.74, 6) is 0.465. The molecule has 0 aliphatic carbocycles. The van der Waals surface area contributed by atoms with Crippen LogP contribution in [0.5, 0.6) is 0 Å². The SMILES string of the molecule is O.O=C1CN(/N=C/c2ccc(-c3ccc([N+](=O)[O-])cc3)o2)C(=O)N1.[NaH]. The molecular weight excluding hydrogens is 343 g/mol. The number of carbonyl (C=O) groups excluding carboxylic acids is 2. The van der Waals surface area contributed by atoms with Gasteiger partial charge in [-0.1, -0.05) is 0 Å². The summed E-state index contributed by atoms with van der Waals surface area (Å²) in [7, 11) is 0. The van der Waals surface area contributed by atoms with Crippen LogP contribution in [-0.2, 0) is 4.79 Å². The van der Waals surface area contributed by atoms with Crippen molar-refractivity contribution in [1.82, 2.24) is 10.3 Å². The molecule has 0 unspecified atom stereocenters. The van der Waals surface area contributed by atoms with Crippen molar-refractivity contribution >= 4 is 53.4 Å². The van der Waals surface area contributed by atoms with E-state index in [1.165, 1.54) is 18.3 Å². The van der Waals surface area contributed by atoms with Crippen LogP contribution in [0.3, 0.4) is 0 Å². The van der Waals surface area contributed by atoms with Crippen molar-refractivity contribution in [3.8, 4) is 11.3 Å². The van der Waals surface area contributed by atoms with Gasteiger partial charge < -0.3 is 9.89 Å². The maximum atomic E-state index is 11.3. The molecule has 1 aromatic carbocycles. The zero-order valence-corrected chi connectivity index (χ0v) is 12.1. The molecule has 0 spiro atoms. The number of furan rings is 1. The predicted molar refractivity (Wildman–Crippen MR) is 89.4 cm³/mol. The van der Waals surface area contributed by atoms with E-state index in [1.54, 1.807) is 24.3 Å². The summed E-state index contributed by atoms with van der Waals surface area (Å²) in [5, 5.41) is 17.6. The van der Waals surface area contributed by atoms with Gasteiger partial charge in [-0.25, -0.2) is 9.80 Å². The normalized spacial score (nSPS) is 13.4. The van der Waals surface area contributed by atoms with Gasteiger partial charge in [0.05, 0.1) is 11.1 Å². The van der Waals surface area contributed by atoms with Gasteiger partial charge in [-0.2, -0.15) is 5.10 Å². The molecule has 0 atom stereocenters. The van der Waals surface area contributed by atoms with E-state index in [0.29, 0.717) is 17.1 Å². The molecule has 0 bridgehead atoms. The number of nitro benzene ring substituents is 1. The van der Waals surface area contributed by atoms with Crippen LogP contribution in [0.2, 0.25) is 0 Å². The second-order valence-electron chi connectivity index (χ2n) is 4.66. The summed E-state index contributed by atoms with van der Waals surface area (Å²) in [5.41, 5.74) is 0.663. The van der Waals surface area contributed by atoms with Crippen LogP contribution in [0.4, 0.5) is 10.5 Å². The Morgan fingerprint density at radius 1 is 1.20 bits per heavy atom. The maximum absolute atomic E-state index is 11.3. The summed E-state index contributed by atoms with van der Waals surface area (Å²) in [6, 6.07) is 8.63. The Balaban J connectivity index is 0.00000156. The Hall–Kier alpha value is -2.53. The van der Waals surface area contributed by atoms with Gasteiger partial charge in [-0.15, -0.1) is 0 Å². The quantitative estimate of drug-likeness (QED) is 0.274. The number of nitrogens with one attached hydrogen (secondary N) is 1. The number of nitro groups is 1. The third kappa shape index (κ3) is 4.73. The van der Waals surface area contributed by atoms with Crippen LogP contribution in [0.25, 0.3) is 11.3 Å². The van der Waals surface area contributed by atoms with Crippen LogP contribution >= 0.6 is 0 Å². The summed E-state index contributed by atoms with van der Waals surface area (Å²) in [6.07, 6.45) is 1.31. The van der Waals surface area contributed by atoms with Gasteiger partial charge in [0.15, 0.2) is 0 Å². The first-order chi connectivity index (χ1) is 11.0. The Morgan fingerprint density at radius 3 is 2.44 bits per heavy atom. The molecular formula is C14H13N4NaO6. The van der Waals surface area contributed by atoms with E-state index in [4.69, 9.17) is 4.42 Å². The van der Waals surface area contributed by atoms with Crippen LogP contribution in [0.1, 0.15) is 5.76 Å². The van der Waals surface area contributed by atoms with Crippen LogP contribution in [-0.4, -0.2) is 69.7 Å². The molecule has 1 aromatic heterocycles. The number of benzene rings is 1. The van der Waals surface area contributed by atoms with Gasteiger partial charge in [0.25, 0.3) is 5.69 Å². The topological polar surface area (TPSA) is 150 Å². The Kier molecular flexibility index (Phi) is 7.00. The number of imide groups is 1. The third-order valence-corrected chi connectivity index (χ3v) is 3.09. The number of nitrogens with zero attached hydrogens (tertiary/aromatic N) is 3. The fourth-order valence-electron chi connectivity index (χ4n) is 1.98. The van der Waals surface area contributed by atoms with E-state index in [2.05, 4.69) is 10.4 Å². The predicted octanol–water partition coefficient (Wildman–Crippen LogP) is 0.267. The molecule has 1 fully saturated rings. The number of hydrogen-bond acceptors (Lipinski definition) is 6. The van der Waals surface area contributed by atoms with E-state index < -0.39 is 16.9 Å². The number of rotatable bonds is 4. The molecule has 0 saturated carbocycles. The fraction of sp³-hybridized carbons (Fsp3) is 0.0714. The van der Waals surface area contributed by atoms with Gasteiger partial charge in [0.1, 0.15) is 18.1 Å². The first kappa shape index (κ1) is 20.5. The van der Waals surface area contributed by atoms with Crippen molar-refractivity contribution in [2.75, 3.05) is 6.54 Å². The Labute approximate surface area is 163 Å². The molecule has 0 radical (unpaired) electrons. The van der Waals surface area contributed by atoms with Crippen molar-refractivity contribution < 1.29 is 24.4 Å². The number of carbonyl (C=O) groups is 2. The van der Waals surface area contributed by atoms with Crippen molar-refractivity contribution in [2.24, 2.45) is 5.10 Å². The average Bonchev–Trinajstić information content (AvgIpc) is 3.11. The Morgan fingerprint density at radius 2 is 1.88 bits per heavy atom. The van der Waals surface area contributed by atoms with Crippen LogP contribution in [0, 0.1) is 10.1 Å². The summed E-state index contributed by atoms with van der Waals surface area (Å²) >= 11 is 0. The van der Waals surface area contributed by atoms with Crippen molar-refractivity contribution in [2.45, 2.75) is 0 Å². The summed E-state index contributed by atoms with van der Waals surface area (Å²) in [6.45, 7) is -0.134. The van der Waals surface area contributed by atoms with E-state index in [9.17, 15) is 19.7 Å². The third-order valence-electron chi connectivity index (χ3n) is 3.09. The molecule has 2 aromatic rings. The molecule has 1 saturated heterocycles. The number of non-ortho nitro benzene ring substituents is 1. The second kappa shape index (κ2) is 8.53. The summed E-state index contributed by atoms with van der Waals surface area (Å²) in [4.78, 5) is 32.5. The van der Waals surface area contributed by atoms with Gasteiger partial charge >= 0.3 is 35.6 Å². The molecule has 1 aliphatic rings. The molecule has 126 valence electrons. The molecule has 3 rings (SSSR count). The van der Waals surface area contributed by atoms with Gasteiger partial charge in [-0.05, 0) is 24.3 Å². The molecule has 3 amide bonds.